The molecule has 0 aromatic rings. The number of likely N-dealkylation sites (tertiary alicyclic amines) is 1. The van der Waals surface area contributed by atoms with Crippen LogP contribution in [-0.4, -0.2) is 67.3 Å². The van der Waals surface area contributed by atoms with E-state index < -0.39 is 0 Å². The van der Waals surface area contributed by atoms with Gasteiger partial charge >= 0.3 is 0 Å². The van der Waals surface area contributed by atoms with Gasteiger partial charge in [0.15, 0.2) is 0 Å². The molecular weight excluding hydrogens is 238 g/mol. The fourth-order valence-electron chi connectivity index (χ4n) is 3.74. The second-order valence-electron chi connectivity index (χ2n) is 6.10. The maximum Gasteiger partial charge on any atom is 0.0622 e. The van der Waals surface area contributed by atoms with Gasteiger partial charge in [-0.15, -0.1) is 0 Å². The molecule has 1 unspecified atom stereocenters. The van der Waals surface area contributed by atoms with Crippen LogP contribution in [0.2, 0.25) is 0 Å². The highest BCUT2D eigenvalue weighted by molar-refractivity contribution is 4.99. The highest BCUT2D eigenvalue weighted by atomic mass is 16.5. The third-order valence-corrected chi connectivity index (χ3v) is 5.01. The summed E-state index contributed by atoms with van der Waals surface area (Å²) in [6, 6.07) is 0.565. The average molecular weight is 269 g/mol. The van der Waals surface area contributed by atoms with Gasteiger partial charge in [0, 0.05) is 24.7 Å². The lowest BCUT2D eigenvalue weighted by Gasteiger charge is -2.52. The first-order valence-corrected chi connectivity index (χ1v) is 8.02. The molecule has 2 N–H and O–H groups in total. The zero-order chi connectivity index (χ0) is 13.7. The van der Waals surface area contributed by atoms with E-state index in [0.29, 0.717) is 6.04 Å². The standard InChI is InChI=1S/C15H31N3O/c1-3-7-17-8-5-15(13-16,6-9-17)18-10-11-19-12-14(18)4-2/h14H,3-13,16H2,1-2H3. The number of hydrogen-bond donors (Lipinski definition) is 1. The Kier molecular flexibility index (Phi) is 5.63. The molecule has 112 valence electrons. The van der Waals surface area contributed by atoms with Crippen molar-refractivity contribution >= 4 is 0 Å². The Morgan fingerprint density at radius 2 is 1.95 bits per heavy atom. The van der Waals surface area contributed by atoms with Crippen molar-refractivity contribution < 1.29 is 4.74 Å². The summed E-state index contributed by atoms with van der Waals surface area (Å²) in [5.41, 5.74) is 6.44. The van der Waals surface area contributed by atoms with Crippen LogP contribution in [0.5, 0.6) is 0 Å². The summed E-state index contributed by atoms with van der Waals surface area (Å²) in [4.78, 5) is 5.27. The number of nitrogens with zero attached hydrogens (tertiary/aromatic N) is 2. The number of hydrogen-bond acceptors (Lipinski definition) is 4. The van der Waals surface area contributed by atoms with E-state index in [4.69, 9.17) is 10.5 Å². The maximum absolute atomic E-state index is 6.20. The molecule has 4 nitrogen and oxygen atoms in total. The summed E-state index contributed by atoms with van der Waals surface area (Å²) in [6.45, 7) is 11.8. The van der Waals surface area contributed by atoms with Crippen molar-refractivity contribution in [3.05, 3.63) is 0 Å². The predicted molar refractivity (Wildman–Crippen MR) is 79.4 cm³/mol. The van der Waals surface area contributed by atoms with Gasteiger partial charge in [-0.3, -0.25) is 4.90 Å². The maximum atomic E-state index is 6.20. The highest BCUT2D eigenvalue weighted by Gasteiger charge is 2.42. The number of rotatable bonds is 5. The molecule has 2 heterocycles. The van der Waals surface area contributed by atoms with E-state index >= 15 is 0 Å². The molecule has 19 heavy (non-hydrogen) atoms. The van der Waals surface area contributed by atoms with Gasteiger partial charge in [0.1, 0.15) is 0 Å². The number of piperidine rings is 1. The molecule has 4 heteroatoms. The van der Waals surface area contributed by atoms with E-state index in [1.165, 1.54) is 45.3 Å². The summed E-state index contributed by atoms with van der Waals surface area (Å²) in [5.74, 6) is 0. The Balaban J connectivity index is 2.01. The minimum absolute atomic E-state index is 0.231. The molecule has 2 aliphatic heterocycles. The smallest absolute Gasteiger partial charge is 0.0622 e. The first kappa shape index (κ1) is 15.2. The third-order valence-electron chi connectivity index (χ3n) is 5.01. The summed E-state index contributed by atoms with van der Waals surface area (Å²) < 4.78 is 5.65. The van der Waals surface area contributed by atoms with Crippen LogP contribution in [-0.2, 0) is 4.74 Å². The molecule has 0 bridgehead atoms. The second kappa shape index (κ2) is 7.02. The van der Waals surface area contributed by atoms with Gasteiger partial charge in [0.05, 0.1) is 13.2 Å². The average Bonchev–Trinajstić information content (AvgIpc) is 2.48. The van der Waals surface area contributed by atoms with Crippen molar-refractivity contribution in [3.8, 4) is 0 Å². The Morgan fingerprint density at radius 3 is 2.53 bits per heavy atom. The lowest BCUT2D eigenvalue weighted by molar-refractivity contribution is -0.0824. The SMILES string of the molecule is CCCN1CCC(CN)(N2CCOCC2CC)CC1. The Labute approximate surface area is 118 Å². The van der Waals surface area contributed by atoms with Crippen molar-refractivity contribution in [2.75, 3.05) is 45.9 Å². The van der Waals surface area contributed by atoms with Crippen LogP contribution >= 0.6 is 0 Å². The van der Waals surface area contributed by atoms with E-state index in [1.54, 1.807) is 0 Å². The van der Waals surface area contributed by atoms with Crippen LogP contribution in [0, 0.1) is 0 Å². The predicted octanol–water partition coefficient (Wildman–Crippen LogP) is 1.30. The number of morpholine rings is 1. The van der Waals surface area contributed by atoms with Crippen molar-refractivity contribution in [1.82, 2.24) is 9.80 Å². The lowest BCUT2D eigenvalue weighted by Crippen LogP contribution is -2.64. The molecule has 0 aromatic carbocycles. The molecule has 0 spiro atoms. The molecule has 2 saturated heterocycles. The van der Waals surface area contributed by atoms with Gasteiger partial charge < -0.3 is 15.4 Å². The van der Waals surface area contributed by atoms with Crippen LogP contribution in [0.4, 0.5) is 0 Å². The van der Waals surface area contributed by atoms with Crippen LogP contribution in [0.3, 0.4) is 0 Å². The van der Waals surface area contributed by atoms with Crippen molar-refractivity contribution in [2.45, 2.75) is 51.1 Å². The van der Waals surface area contributed by atoms with E-state index in [9.17, 15) is 0 Å². The largest absolute Gasteiger partial charge is 0.378 e. The highest BCUT2D eigenvalue weighted by Crippen LogP contribution is 2.32. The molecular formula is C15H31N3O. The number of nitrogens with two attached hydrogens (primary N) is 1. The van der Waals surface area contributed by atoms with Gasteiger partial charge in [0.25, 0.3) is 0 Å². The van der Waals surface area contributed by atoms with E-state index in [-0.39, 0.29) is 5.54 Å². The first-order chi connectivity index (χ1) is 9.25. The van der Waals surface area contributed by atoms with Crippen LogP contribution < -0.4 is 5.73 Å². The molecule has 0 radical (unpaired) electrons. The summed E-state index contributed by atoms with van der Waals surface area (Å²) in [7, 11) is 0. The first-order valence-electron chi connectivity index (χ1n) is 8.02. The monoisotopic (exact) mass is 269 g/mol. The quantitative estimate of drug-likeness (QED) is 0.817. The third kappa shape index (κ3) is 3.30. The van der Waals surface area contributed by atoms with Crippen LogP contribution in [0.25, 0.3) is 0 Å². The summed E-state index contributed by atoms with van der Waals surface area (Å²) in [5, 5.41) is 0. The molecule has 0 aromatic heterocycles. The minimum Gasteiger partial charge on any atom is -0.378 e. The molecule has 1 atom stereocenters. The molecule has 0 amide bonds. The fraction of sp³-hybridized carbons (Fsp3) is 1.00. The molecule has 0 saturated carbocycles. The van der Waals surface area contributed by atoms with Gasteiger partial charge in [-0.1, -0.05) is 13.8 Å². The van der Waals surface area contributed by atoms with Gasteiger partial charge in [-0.25, -0.2) is 0 Å². The Morgan fingerprint density at radius 1 is 1.21 bits per heavy atom. The molecule has 0 aliphatic carbocycles. The zero-order valence-corrected chi connectivity index (χ0v) is 12.7. The normalized spacial score (nSPS) is 29.5. The van der Waals surface area contributed by atoms with Gasteiger partial charge in [0.2, 0.25) is 0 Å². The van der Waals surface area contributed by atoms with Crippen molar-refractivity contribution in [3.63, 3.8) is 0 Å². The second-order valence-corrected chi connectivity index (χ2v) is 6.10. The lowest BCUT2D eigenvalue weighted by atomic mass is 9.83. The van der Waals surface area contributed by atoms with E-state index in [0.717, 1.165) is 26.3 Å². The molecule has 2 rings (SSSR count). The van der Waals surface area contributed by atoms with Crippen molar-refractivity contribution in [1.29, 1.82) is 0 Å². The Hall–Kier alpha value is -0.160. The van der Waals surface area contributed by atoms with Gasteiger partial charge in [-0.2, -0.15) is 0 Å². The summed E-state index contributed by atoms with van der Waals surface area (Å²) in [6.07, 6.45) is 4.87. The molecule has 2 fully saturated rings. The van der Waals surface area contributed by atoms with Crippen LogP contribution in [0.15, 0.2) is 0 Å². The summed E-state index contributed by atoms with van der Waals surface area (Å²) >= 11 is 0. The van der Waals surface area contributed by atoms with Crippen molar-refractivity contribution in [2.24, 2.45) is 5.73 Å². The number of ether oxygens (including phenoxy) is 1. The van der Waals surface area contributed by atoms with E-state index in [2.05, 4.69) is 23.6 Å². The van der Waals surface area contributed by atoms with Gasteiger partial charge in [-0.05, 0) is 45.3 Å². The zero-order valence-electron chi connectivity index (χ0n) is 12.7. The molecule has 2 aliphatic rings. The van der Waals surface area contributed by atoms with Crippen LogP contribution in [0.1, 0.15) is 39.5 Å². The fourth-order valence-corrected chi connectivity index (χ4v) is 3.74. The minimum atomic E-state index is 0.231. The van der Waals surface area contributed by atoms with E-state index in [1.807, 2.05) is 0 Å². The Bertz CT molecular complexity index is 264. The topological polar surface area (TPSA) is 41.7 Å².